The predicted molar refractivity (Wildman–Crippen MR) is 96.9 cm³/mol. The number of rotatable bonds is 7. The van der Waals surface area contributed by atoms with Crippen LogP contribution in [0.15, 0.2) is 48.5 Å². The van der Waals surface area contributed by atoms with E-state index in [2.05, 4.69) is 47.1 Å². The topological polar surface area (TPSA) is 70.2 Å². The Hall–Kier alpha value is -2.66. The van der Waals surface area contributed by atoms with E-state index in [0.29, 0.717) is 24.3 Å². The van der Waals surface area contributed by atoms with E-state index in [0.717, 1.165) is 6.54 Å². The molecule has 0 fully saturated rings. The summed E-state index contributed by atoms with van der Waals surface area (Å²) < 4.78 is 0. The molecule has 2 rings (SSSR count). The van der Waals surface area contributed by atoms with Gasteiger partial charge in [0.2, 0.25) is 11.8 Å². The Morgan fingerprint density at radius 2 is 1.62 bits per heavy atom. The first kappa shape index (κ1) is 17.7. The largest absolute Gasteiger partial charge is 0.326 e. The van der Waals surface area contributed by atoms with Crippen molar-refractivity contribution in [2.75, 3.05) is 17.2 Å². The van der Waals surface area contributed by atoms with Crippen molar-refractivity contribution in [2.24, 2.45) is 0 Å². The standard InChI is InChI=1S/C19H23N3O2/c1-14-6-8-16(9-7-14)13-20-11-10-19(24)22-18-5-3-4-17(12-18)21-15(2)23/h3-9,12,20H,10-11,13H2,1-2H3,(H,21,23)(H,22,24). The van der Waals surface area contributed by atoms with Crippen molar-refractivity contribution < 1.29 is 9.59 Å². The first-order chi connectivity index (χ1) is 11.5. The van der Waals surface area contributed by atoms with Gasteiger partial charge in [-0.15, -0.1) is 0 Å². The number of anilines is 2. The first-order valence-electron chi connectivity index (χ1n) is 7.97. The zero-order valence-electron chi connectivity index (χ0n) is 14.1. The van der Waals surface area contributed by atoms with E-state index in [1.807, 2.05) is 0 Å². The van der Waals surface area contributed by atoms with Gasteiger partial charge >= 0.3 is 0 Å². The average Bonchev–Trinajstić information content (AvgIpc) is 2.53. The van der Waals surface area contributed by atoms with Crippen LogP contribution in [0.3, 0.4) is 0 Å². The number of benzene rings is 2. The summed E-state index contributed by atoms with van der Waals surface area (Å²) in [4.78, 5) is 23.0. The summed E-state index contributed by atoms with van der Waals surface area (Å²) in [6.07, 6.45) is 0.385. The number of nitrogens with one attached hydrogen (secondary N) is 3. The predicted octanol–water partition coefficient (Wildman–Crippen LogP) is 3.07. The quantitative estimate of drug-likeness (QED) is 0.685. The summed E-state index contributed by atoms with van der Waals surface area (Å²) in [5.74, 6) is -0.204. The van der Waals surface area contributed by atoms with Gasteiger partial charge in [0, 0.05) is 37.8 Å². The molecule has 0 saturated heterocycles. The van der Waals surface area contributed by atoms with Crippen molar-refractivity contribution in [3.8, 4) is 0 Å². The van der Waals surface area contributed by atoms with Gasteiger partial charge in [-0.2, -0.15) is 0 Å². The molecule has 24 heavy (non-hydrogen) atoms. The minimum atomic E-state index is -0.140. The molecule has 0 aliphatic carbocycles. The van der Waals surface area contributed by atoms with Gasteiger partial charge in [0.25, 0.3) is 0 Å². The van der Waals surface area contributed by atoms with Crippen LogP contribution >= 0.6 is 0 Å². The van der Waals surface area contributed by atoms with Gasteiger partial charge in [-0.25, -0.2) is 0 Å². The Morgan fingerprint density at radius 1 is 0.958 bits per heavy atom. The van der Waals surface area contributed by atoms with Crippen molar-refractivity contribution in [1.82, 2.24) is 5.32 Å². The third kappa shape index (κ3) is 6.22. The molecule has 2 amide bonds. The Bertz CT molecular complexity index is 696. The number of aryl methyl sites for hydroxylation is 1. The fourth-order valence-electron chi connectivity index (χ4n) is 2.24. The smallest absolute Gasteiger partial charge is 0.225 e. The molecule has 2 aromatic rings. The minimum absolute atomic E-state index is 0.0635. The van der Waals surface area contributed by atoms with E-state index in [9.17, 15) is 9.59 Å². The molecule has 0 radical (unpaired) electrons. The molecule has 2 aromatic carbocycles. The first-order valence-corrected chi connectivity index (χ1v) is 7.97. The molecule has 0 saturated carbocycles. The van der Waals surface area contributed by atoms with E-state index >= 15 is 0 Å². The molecular formula is C19H23N3O2. The number of hydrogen-bond acceptors (Lipinski definition) is 3. The molecule has 0 aliphatic heterocycles. The van der Waals surface area contributed by atoms with Gasteiger partial charge in [-0.3, -0.25) is 9.59 Å². The Labute approximate surface area is 142 Å². The number of amides is 2. The second kappa shape index (κ2) is 8.84. The van der Waals surface area contributed by atoms with Gasteiger partial charge < -0.3 is 16.0 Å². The maximum absolute atomic E-state index is 12.0. The maximum atomic E-state index is 12.0. The molecule has 0 unspecified atom stereocenters. The zero-order valence-corrected chi connectivity index (χ0v) is 14.1. The van der Waals surface area contributed by atoms with Gasteiger partial charge in [0.1, 0.15) is 0 Å². The highest BCUT2D eigenvalue weighted by molar-refractivity contribution is 5.93. The van der Waals surface area contributed by atoms with Crippen molar-refractivity contribution in [3.63, 3.8) is 0 Å². The summed E-state index contributed by atoms with van der Waals surface area (Å²) in [5, 5.41) is 8.78. The summed E-state index contributed by atoms with van der Waals surface area (Å²) >= 11 is 0. The lowest BCUT2D eigenvalue weighted by Gasteiger charge is -2.09. The third-order valence-corrected chi connectivity index (χ3v) is 3.45. The highest BCUT2D eigenvalue weighted by atomic mass is 16.2. The van der Waals surface area contributed by atoms with E-state index in [4.69, 9.17) is 0 Å². The summed E-state index contributed by atoms with van der Waals surface area (Å²) in [7, 11) is 0. The van der Waals surface area contributed by atoms with Crippen LogP contribution in [0.5, 0.6) is 0 Å². The molecule has 0 heterocycles. The van der Waals surface area contributed by atoms with Gasteiger partial charge in [0.15, 0.2) is 0 Å². The molecule has 0 spiro atoms. The highest BCUT2D eigenvalue weighted by Gasteiger charge is 2.03. The van der Waals surface area contributed by atoms with Crippen LogP contribution in [0.1, 0.15) is 24.5 Å². The Morgan fingerprint density at radius 3 is 2.29 bits per heavy atom. The fourth-order valence-corrected chi connectivity index (χ4v) is 2.24. The Kier molecular flexibility index (Phi) is 6.51. The second-order valence-corrected chi connectivity index (χ2v) is 5.72. The second-order valence-electron chi connectivity index (χ2n) is 5.72. The van der Waals surface area contributed by atoms with E-state index in [-0.39, 0.29) is 11.8 Å². The SMILES string of the molecule is CC(=O)Nc1cccc(NC(=O)CCNCc2ccc(C)cc2)c1. The van der Waals surface area contributed by atoms with Crippen LogP contribution in [0.4, 0.5) is 11.4 Å². The molecule has 0 atom stereocenters. The molecular weight excluding hydrogens is 302 g/mol. The molecule has 0 aliphatic rings. The van der Waals surface area contributed by atoms with Crippen LogP contribution < -0.4 is 16.0 Å². The minimum Gasteiger partial charge on any atom is -0.326 e. The van der Waals surface area contributed by atoms with E-state index < -0.39 is 0 Å². The van der Waals surface area contributed by atoms with Gasteiger partial charge in [-0.1, -0.05) is 35.9 Å². The summed E-state index contributed by atoms with van der Waals surface area (Å²) in [6, 6.07) is 15.4. The van der Waals surface area contributed by atoms with Crippen LogP contribution in [0, 0.1) is 6.92 Å². The van der Waals surface area contributed by atoms with Crippen molar-refractivity contribution in [1.29, 1.82) is 0 Å². The lowest BCUT2D eigenvalue weighted by molar-refractivity contribution is -0.116. The Balaban J connectivity index is 1.73. The lowest BCUT2D eigenvalue weighted by Crippen LogP contribution is -2.21. The summed E-state index contributed by atoms with van der Waals surface area (Å²) in [5.41, 5.74) is 3.77. The molecule has 5 nitrogen and oxygen atoms in total. The third-order valence-electron chi connectivity index (χ3n) is 3.45. The highest BCUT2D eigenvalue weighted by Crippen LogP contribution is 2.15. The van der Waals surface area contributed by atoms with Crippen molar-refractivity contribution >= 4 is 23.2 Å². The number of carbonyl (C=O) groups excluding carboxylic acids is 2. The lowest BCUT2D eigenvalue weighted by atomic mass is 10.1. The van der Waals surface area contributed by atoms with Crippen LogP contribution in [-0.2, 0) is 16.1 Å². The monoisotopic (exact) mass is 325 g/mol. The van der Waals surface area contributed by atoms with Crippen LogP contribution in [0.2, 0.25) is 0 Å². The normalized spacial score (nSPS) is 10.2. The van der Waals surface area contributed by atoms with Crippen molar-refractivity contribution in [3.05, 3.63) is 59.7 Å². The molecule has 0 bridgehead atoms. The van der Waals surface area contributed by atoms with E-state index in [1.165, 1.54) is 18.1 Å². The zero-order chi connectivity index (χ0) is 17.4. The maximum Gasteiger partial charge on any atom is 0.225 e. The van der Waals surface area contributed by atoms with Gasteiger partial charge in [0.05, 0.1) is 0 Å². The van der Waals surface area contributed by atoms with Gasteiger partial charge in [-0.05, 0) is 30.7 Å². The number of hydrogen-bond donors (Lipinski definition) is 3. The molecule has 0 aromatic heterocycles. The molecule has 3 N–H and O–H groups in total. The molecule has 5 heteroatoms. The summed E-state index contributed by atoms with van der Waals surface area (Å²) in [6.45, 7) is 4.85. The van der Waals surface area contributed by atoms with Crippen molar-refractivity contribution in [2.45, 2.75) is 26.8 Å². The van der Waals surface area contributed by atoms with E-state index in [1.54, 1.807) is 24.3 Å². The van der Waals surface area contributed by atoms with Crippen LogP contribution in [0.25, 0.3) is 0 Å². The number of carbonyl (C=O) groups is 2. The molecule has 126 valence electrons. The fraction of sp³-hybridized carbons (Fsp3) is 0.263. The van der Waals surface area contributed by atoms with Crippen LogP contribution in [-0.4, -0.2) is 18.4 Å². The average molecular weight is 325 g/mol.